The molecule has 0 N–H and O–H groups in total. The van der Waals surface area contributed by atoms with Crippen molar-refractivity contribution in [3.63, 3.8) is 0 Å². The Kier molecular flexibility index (Phi) is 4.16. The molecule has 0 radical (unpaired) electrons. The van der Waals surface area contributed by atoms with Crippen molar-refractivity contribution in [2.45, 2.75) is 12.6 Å². The van der Waals surface area contributed by atoms with Gasteiger partial charge in [-0.05, 0) is 17.7 Å². The Labute approximate surface area is 118 Å². The second-order valence-electron chi connectivity index (χ2n) is 4.79. The van der Waals surface area contributed by atoms with E-state index < -0.39 is 0 Å². The summed E-state index contributed by atoms with van der Waals surface area (Å²) < 4.78 is 0. The minimum atomic E-state index is 0.516. The summed E-state index contributed by atoms with van der Waals surface area (Å²) in [6.45, 7) is 2.09. The van der Waals surface area contributed by atoms with E-state index in [1.165, 1.54) is 17.1 Å². The fraction of sp³-hybridized carbons (Fsp3) is 0.312. The number of rotatable bonds is 3. The predicted molar refractivity (Wildman–Crippen MR) is 81.2 cm³/mol. The van der Waals surface area contributed by atoms with E-state index in [1.54, 1.807) is 0 Å². The van der Waals surface area contributed by atoms with Crippen molar-refractivity contribution in [1.29, 1.82) is 0 Å². The van der Waals surface area contributed by atoms with E-state index in [9.17, 15) is 0 Å². The van der Waals surface area contributed by atoms with E-state index in [0.29, 0.717) is 6.04 Å². The molecule has 1 aromatic heterocycles. The Hall–Kier alpha value is -1.32. The quantitative estimate of drug-likeness (QED) is 0.850. The largest absolute Gasteiger partial charge is 0.289 e. The molecule has 19 heavy (non-hydrogen) atoms. The molecule has 1 aliphatic heterocycles. The molecule has 0 aliphatic carbocycles. The lowest BCUT2D eigenvalue weighted by Crippen LogP contribution is -2.35. The molecule has 1 saturated heterocycles. The number of benzene rings is 1. The van der Waals surface area contributed by atoms with Crippen LogP contribution in [0.15, 0.2) is 54.7 Å². The van der Waals surface area contributed by atoms with Gasteiger partial charge in [0.05, 0.1) is 5.69 Å². The first-order valence-electron chi connectivity index (χ1n) is 6.70. The van der Waals surface area contributed by atoms with Crippen molar-refractivity contribution in [2.24, 2.45) is 0 Å². The van der Waals surface area contributed by atoms with E-state index in [2.05, 4.69) is 64.1 Å². The highest BCUT2D eigenvalue weighted by molar-refractivity contribution is 7.99. The summed E-state index contributed by atoms with van der Waals surface area (Å²) >= 11 is 2.05. The molecular formula is C16H18N2S. The van der Waals surface area contributed by atoms with Crippen LogP contribution in [0.3, 0.4) is 0 Å². The van der Waals surface area contributed by atoms with E-state index in [4.69, 9.17) is 0 Å². The van der Waals surface area contributed by atoms with Crippen LogP contribution in [0.1, 0.15) is 17.3 Å². The second kappa shape index (κ2) is 6.22. The lowest BCUT2D eigenvalue weighted by molar-refractivity contribution is 0.209. The van der Waals surface area contributed by atoms with Crippen molar-refractivity contribution in [3.05, 3.63) is 66.0 Å². The summed E-state index contributed by atoms with van der Waals surface area (Å²) in [5, 5.41) is 0. The maximum atomic E-state index is 4.45. The Bertz CT molecular complexity index is 501. The Balaban J connectivity index is 1.78. The van der Waals surface area contributed by atoms with Crippen molar-refractivity contribution >= 4 is 11.8 Å². The number of nitrogens with zero attached hydrogens (tertiary/aromatic N) is 2. The average Bonchev–Trinajstić information content (AvgIpc) is 2.50. The van der Waals surface area contributed by atoms with E-state index in [0.717, 1.165) is 18.8 Å². The normalized spacial score (nSPS) is 20.3. The van der Waals surface area contributed by atoms with E-state index in [-0.39, 0.29) is 0 Å². The molecule has 98 valence electrons. The van der Waals surface area contributed by atoms with Crippen LogP contribution in [0, 0.1) is 0 Å². The highest BCUT2D eigenvalue weighted by Crippen LogP contribution is 2.30. The van der Waals surface area contributed by atoms with Crippen LogP contribution in [0.5, 0.6) is 0 Å². The summed E-state index contributed by atoms with van der Waals surface area (Å²) in [4.78, 5) is 7.00. The standard InChI is InChI=1S/C16H18N2S/c1-2-6-14(7-3-1)16-13-19-11-10-18(16)12-15-8-4-5-9-17-15/h1-9,16H,10-13H2/t16-/m0/s1. The first-order chi connectivity index (χ1) is 9.43. The summed E-state index contributed by atoms with van der Waals surface area (Å²) in [5.74, 6) is 2.40. The van der Waals surface area contributed by atoms with Gasteiger partial charge < -0.3 is 0 Å². The zero-order chi connectivity index (χ0) is 12.9. The van der Waals surface area contributed by atoms with Crippen molar-refractivity contribution in [1.82, 2.24) is 9.88 Å². The number of aromatic nitrogens is 1. The van der Waals surface area contributed by atoms with Crippen molar-refractivity contribution in [3.8, 4) is 0 Å². The molecule has 0 saturated carbocycles. The van der Waals surface area contributed by atoms with Gasteiger partial charge in [0.15, 0.2) is 0 Å². The van der Waals surface area contributed by atoms with Crippen molar-refractivity contribution < 1.29 is 0 Å². The molecule has 0 unspecified atom stereocenters. The molecule has 2 nitrogen and oxygen atoms in total. The first-order valence-corrected chi connectivity index (χ1v) is 7.85. The SMILES string of the molecule is c1ccc([C@@H]2CSCCN2Cc2ccccn2)cc1. The topological polar surface area (TPSA) is 16.1 Å². The van der Waals surface area contributed by atoms with Gasteiger partial charge in [-0.3, -0.25) is 9.88 Å². The summed E-state index contributed by atoms with van der Waals surface area (Å²) in [6, 6.07) is 17.5. The van der Waals surface area contributed by atoms with Crippen LogP contribution >= 0.6 is 11.8 Å². The van der Waals surface area contributed by atoms with Crippen LogP contribution in [0.2, 0.25) is 0 Å². The van der Waals surface area contributed by atoms with Gasteiger partial charge in [0.25, 0.3) is 0 Å². The monoisotopic (exact) mass is 270 g/mol. The van der Waals surface area contributed by atoms with Gasteiger partial charge in [0.2, 0.25) is 0 Å². The lowest BCUT2D eigenvalue weighted by atomic mass is 10.1. The first kappa shape index (κ1) is 12.7. The predicted octanol–water partition coefficient (Wildman–Crippen LogP) is 3.37. The van der Waals surface area contributed by atoms with Crippen molar-refractivity contribution in [2.75, 3.05) is 18.1 Å². The molecule has 3 heteroatoms. The molecule has 1 aromatic carbocycles. The molecular weight excluding hydrogens is 252 g/mol. The zero-order valence-corrected chi connectivity index (χ0v) is 11.7. The third-order valence-corrected chi connectivity index (χ3v) is 4.54. The number of pyridine rings is 1. The molecule has 1 aliphatic rings. The summed E-state index contributed by atoms with van der Waals surface area (Å²) in [7, 11) is 0. The average molecular weight is 270 g/mol. The van der Waals surface area contributed by atoms with Gasteiger partial charge >= 0.3 is 0 Å². The highest BCUT2D eigenvalue weighted by atomic mass is 32.2. The number of hydrogen-bond acceptors (Lipinski definition) is 3. The Morgan fingerprint density at radius 3 is 2.74 bits per heavy atom. The minimum Gasteiger partial charge on any atom is -0.289 e. The van der Waals surface area contributed by atoms with Gasteiger partial charge in [0.1, 0.15) is 0 Å². The Morgan fingerprint density at radius 2 is 1.95 bits per heavy atom. The summed E-state index contributed by atoms with van der Waals surface area (Å²) in [6.07, 6.45) is 1.88. The molecule has 0 amide bonds. The van der Waals surface area contributed by atoms with Crippen LogP contribution < -0.4 is 0 Å². The molecule has 1 atom stereocenters. The molecule has 2 aromatic rings. The van der Waals surface area contributed by atoms with E-state index in [1.807, 2.05) is 12.3 Å². The number of hydrogen-bond donors (Lipinski definition) is 0. The van der Waals surface area contributed by atoms with Gasteiger partial charge in [-0.15, -0.1) is 0 Å². The maximum Gasteiger partial charge on any atom is 0.0544 e. The molecule has 1 fully saturated rings. The molecule has 3 rings (SSSR count). The van der Waals surface area contributed by atoms with Gasteiger partial charge in [0, 0.05) is 36.8 Å². The lowest BCUT2D eigenvalue weighted by Gasteiger charge is -2.35. The number of thioether (sulfide) groups is 1. The second-order valence-corrected chi connectivity index (χ2v) is 5.94. The zero-order valence-electron chi connectivity index (χ0n) is 10.9. The van der Waals surface area contributed by atoms with Gasteiger partial charge in [-0.1, -0.05) is 36.4 Å². The third-order valence-electron chi connectivity index (χ3n) is 3.51. The smallest absolute Gasteiger partial charge is 0.0544 e. The van der Waals surface area contributed by atoms with E-state index >= 15 is 0 Å². The molecule has 2 heterocycles. The summed E-state index contributed by atoms with van der Waals surface area (Å²) in [5.41, 5.74) is 2.58. The van der Waals surface area contributed by atoms with Crippen LogP contribution in [-0.4, -0.2) is 27.9 Å². The third kappa shape index (κ3) is 3.17. The van der Waals surface area contributed by atoms with Gasteiger partial charge in [-0.2, -0.15) is 11.8 Å². The van der Waals surface area contributed by atoms with Crippen LogP contribution in [-0.2, 0) is 6.54 Å². The fourth-order valence-corrected chi connectivity index (χ4v) is 3.67. The Morgan fingerprint density at radius 1 is 1.11 bits per heavy atom. The van der Waals surface area contributed by atoms with Crippen LogP contribution in [0.25, 0.3) is 0 Å². The fourth-order valence-electron chi connectivity index (χ4n) is 2.51. The van der Waals surface area contributed by atoms with Crippen LogP contribution in [0.4, 0.5) is 0 Å². The molecule has 0 bridgehead atoms. The minimum absolute atomic E-state index is 0.516. The molecule has 0 spiro atoms. The van der Waals surface area contributed by atoms with Gasteiger partial charge in [-0.25, -0.2) is 0 Å². The highest BCUT2D eigenvalue weighted by Gasteiger charge is 2.24. The maximum absolute atomic E-state index is 4.45.